The number of anilines is 1. The second-order valence-electron chi connectivity index (χ2n) is 6.76. The number of rotatable bonds is 5. The Hall–Kier alpha value is -1.95. The molecule has 1 saturated carbocycles. The van der Waals surface area contributed by atoms with Crippen LogP contribution < -0.4 is 14.4 Å². The molecule has 7 heteroatoms. The third kappa shape index (κ3) is 3.90. The lowest BCUT2D eigenvalue weighted by atomic mass is 9.97. The second-order valence-corrected chi connectivity index (χ2v) is 7.17. The monoisotopic (exact) mass is 381 g/mol. The van der Waals surface area contributed by atoms with Crippen LogP contribution in [-0.4, -0.2) is 38.7 Å². The summed E-state index contributed by atoms with van der Waals surface area (Å²) in [6.07, 6.45) is 5.34. The Balaban J connectivity index is 1.73. The lowest BCUT2D eigenvalue weighted by molar-refractivity contribution is -0.155. The average Bonchev–Trinajstić information content (AvgIpc) is 3.04. The zero-order valence-corrected chi connectivity index (χ0v) is 15.9. The lowest BCUT2D eigenvalue weighted by Gasteiger charge is -2.24. The lowest BCUT2D eigenvalue weighted by Crippen LogP contribution is -2.29. The number of carbonyl (C=O) groups is 2. The van der Waals surface area contributed by atoms with Crippen molar-refractivity contribution in [3.8, 4) is 11.5 Å². The van der Waals surface area contributed by atoms with Gasteiger partial charge in [-0.1, -0.05) is 18.0 Å². The fourth-order valence-corrected chi connectivity index (χ4v) is 3.83. The van der Waals surface area contributed by atoms with Crippen molar-refractivity contribution in [2.24, 2.45) is 5.92 Å². The first kappa shape index (κ1) is 18.8. The van der Waals surface area contributed by atoms with Gasteiger partial charge in [-0.3, -0.25) is 9.59 Å². The van der Waals surface area contributed by atoms with Gasteiger partial charge >= 0.3 is 5.97 Å². The summed E-state index contributed by atoms with van der Waals surface area (Å²) in [6, 6.07) is 3.27. The van der Waals surface area contributed by atoms with E-state index in [2.05, 4.69) is 0 Å². The zero-order valence-electron chi connectivity index (χ0n) is 15.1. The van der Waals surface area contributed by atoms with Crippen LogP contribution in [-0.2, 0) is 14.3 Å². The molecule has 2 fully saturated rings. The van der Waals surface area contributed by atoms with Gasteiger partial charge in [0.15, 0.2) is 0 Å². The minimum absolute atomic E-state index is 0.00892. The molecule has 0 aromatic heterocycles. The minimum atomic E-state index is -0.463. The number of hydrogen-bond acceptors (Lipinski definition) is 5. The third-order valence-electron chi connectivity index (χ3n) is 5.04. The highest BCUT2D eigenvalue weighted by Gasteiger charge is 2.38. The Morgan fingerprint density at radius 1 is 1.12 bits per heavy atom. The maximum atomic E-state index is 12.5. The number of esters is 1. The molecule has 1 atom stereocenters. The zero-order chi connectivity index (χ0) is 18.7. The van der Waals surface area contributed by atoms with Gasteiger partial charge in [-0.15, -0.1) is 0 Å². The summed E-state index contributed by atoms with van der Waals surface area (Å²) in [6.45, 7) is 0.267. The number of carbonyl (C=O) groups excluding carboxylic acids is 2. The third-order valence-corrected chi connectivity index (χ3v) is 5.33. The van der Waals surface area contributed by atoms with E-state index in [4.69, 9.17) is 25.8 Å². The van der Waals surface area contributed by atoms with Gasteiger partial charge in [0.2, 0.25) is 5.91 Å². The molecule has 3 rings (SSSR count). The van der Waals surface area contributed by atoms with E-state index in [9.17, 15) is 9.59 Å². The van der Waals surface area contributed by atoms with Crippen LogP contribution in [0.1, 0.15) is 38.5 Å². The van der Waals surface area contributed by atoms with E-state index in [-0.39, 0.29) is 30.9 Å². The van der Waals surface area contributed by atoms with Crippen molar-refractivity contribution in [3.05, 3.63) is 17.2 Å². The molecular formula is C19H24ClNO5. The number of ether oxygens (including phenoxy) is 3. The Morgan fingerprint density at radius 3 is 2.46 bits per heavy atom. The molecule has 142 valence electrons. The highest BCUT2D eigenvalue weighted by molar-refractivity contribution is 6.32. The topological polar surface area (TPSA) is 65.1 Å². The van der Waals surface area contributed by atoms with Crippen molar-refractivity contribution in [2.75, 3.05) is 25.7 Å². The van der Waals surface area contributed by atoms with Crippen molar-refractivity contribution in [2.45, 2.75) is 44.6 Å². The first-order valence-electron chi connectivity index (χ1n) is 8.96. The van der Waals surface area contributed by atoms with E-state index in [0.717, 1.165) is 25.7 Å². The number of nitrogens with zero attached hydrogens (tertiary/aromatic N) is 1. The van der Waals surface area contributed by atoms with E-state index in [1.54, 1.807) is 12.1 Å². The highest BCUT2D eigenvalue weighted by atomic mass is 35.5. The SMILES string of the molecule is COc1cc(OC)c(N2C[C@H](C(=O)OC3CCCCC3)CC2=O)cc1Cl. The Morgan fingerprint density at radius 2 is 1.81 bits per heavy atom. The Bertz CT molecular complexity index is 687. The van der Waals surface area contributed by atoms with Gasteiger partial charge in [0.05, 0.1) is 30.8 Å². The highest BCUT2D eigenvalue weighted by Crippen LogP contribution is 2.40. The number of methoxy groups -OCH3 is 2. The Labute approximate surface area is 158 Å². The summed E-state index contributed by atoms with van der Waals surface area (Å²) in [5.74, 6) is 0.0459. The Kier molecular flexibility index (Phi) is 5.91. The minimum Gasteiger partial charge on any atom is -0.495 e. The molecule has 26 heavy (non-hydrogen) atoms. The summed E-state index contributed by atoms with van der Waals surface area (Å²) in [7, 11) is 3.03. The van der Waals surface area contributed by atoms with E-state index < -0.39 is 5.92 Å². The van der Waals surface area contributed by atoms with Gasteiger partial charge in [-0.05, 0) is 31.7 Å². The van der Waals surface area contributed by atoms with Gasteiger partial charge in [0.25, 0.3) is 0 Å². The van der Waals surface area contributed by atoms with E-state index >= 15 is 0 Å². The number of amides is 1. The number of hydrogen-bond donors (Lipinski definition) is 0. The number of halogens is 1. The predicted molar refractivity (Wildman–Crippen MR) is 98.0 cm³/mol. The summed E-state index contributed by atoms with van der Waals surface area (Å²) in [5.41, 5.74) is 0.538. The van der Waals surface area contributed by atoms with E-state index in [0.29, 0.717) is 22.2 Å². The molecule has 0 spiro atoms. The molecule has 1 aliphatic heterocycles. The van der Waals surface area contributed by atoms with Crippen LogP contribution in [0.2, 0.25) is 5.02 Å². The molecule has 2 aliphatic rings. The summed E-state index contributed by atoms with van der Waals surface area (Å²) in [5, 5.41) is 0.379. The van der Waals surface area contributed by atoms with E-state index in [1.165, 1.54) is 25.5 Å². The smallest absolute Gasteiger partial charge is 0.311 e. The molecule has 1 aromatic carbocycles. The van der Waals surface area contributed by atoms with E-state index in [1.807, 2.05) is 0 Å². The molecule has 1 aliphatic carbocycles. The average molecular weight is 382 g/mol. The van der Waals surface area contributed by atoms with Gasteiger partial charge in [-0.25, -0.2) is 0 Å². The molecule has 1 saturated heterocycles. The first-order valence-corrected chi connectivity index (χ1v) is 9.33. The van der Waals surface area contributed by atoms with Crippen LogP contribution in [0.25, 0.3) is 0 Å². The van der Waals surface area contributed by atoms with Gasteiger partial charge < -0.3 is 19.1 Å². The molecule has 1 amide bonds. The quantitative estimate of drug-likeness (QED) is 0.729. The van der Waals surface area contributed by atoms with Crippen molar-refractivity contribution in [1.29, 1.82) is 0 Å². The fraction of sp³-hybridized carbons (Fsp3) is 0.579. The fourth-order valence-electron chi connectivity index (χ4n) is 3.60. The second kappa shape index (κ2) is 8.16. The van der Waals surface area contributed by atoms with Gasteiger partial charge in [0.1, 0.15) is 17.6 Å². The van der Waals surface area contributed by atoms with Crippen LogP contribution in [0, 0.1) is 5.92 Å². The van der Waals surface area contributed by atoms with Crippen LogP contribution in [0.3, 0.4) is 0 Å². The summed E-state index contributed by atoms with van der Waals surface area (Å²) in [4.78, 5) is 26.5. The largest absolute Gasteiger partial charge is 0.495 e. The van der Waals surface area contributed by atoms with Gasteiger partial charge in [-0.2, -0.15) is 0 Å². The molecule has 0 radical (unpaired) electrons. The maximum Gasteiger partial charge on any atom is 0.311 e. The molecule has 0 bridgehead atoms. The predicted octanol–water partition coefficient (Wildman–Crippen LogP) is 3.59. The normalized spacial score (nSPS) is 21.0. The van der Waals surface area contributed by atoms with Crippen LogP contribution in [0.15, 0.2) is 12.1 Å². The van der Waals surface area contributed by atoms with Crippen LogP contribution in [0.4, 0.5) is 5.69 Å². The van der Waals surface area contributed by atoms with Gasteiger partial charge in [0, 0.05) is 19.0 Å². The van der Waals surface area contributed by atoms with Crippen molar-refractivity contribution >= 4 is 29.2 Å². The van der Waals surface area contributed by atoms with Crippen molar-refractivity contribution < 1.29 is 23.8 Å². The summed E-state index contributed by atoms with van der Waals surface area (Å²) < 4.78 is 16.2. The van der Waals surface area contributed by atoms with Crippen LogP contribution in [0.5, 0.6) is 11.5 Å². The number of benzene rings is 1. The van der Waals surface area contributed by atoms with Crippen molar-refractivity contribution in [3.63, 3.8) is 0 Å². The molecule has 0 N–H and O–H groups in total. The van der Waals surface area contributed by atoms with Crippen molar-refractivity contribution in [1.82, 2.24) is 0 Å². The maximum absolute atomic E-state index is 12.5. The molecule has 6 nitrogen and oxygen atoms in total. The molecular weight excluding hydrogens is 358 g/mol. The standard InChI is InChI=1S/C19H24ClNO5/c1-24-16-10-17(25-2)15(9-14(16)20)21-11-12(8-18(21)22)19(23)26-13-6-4-3-5-7-13/h9-10,12-13H,3-8,11H2,1-2H3/t12-/m1/s1. The van der Waals surface area contributed by atoms with Crippen LogP contribution >= 0.6 is 11.6 Å². The summed E-state index contributed by atoms with van der Waals surface area (Å²) >= 11 is 6.20. The molecule has 1 aromatic rings. The molecule has 0 unspecified atom stereocenters. The molecule has 1 heterocycles. The first-order chi connectivity index (χ1) is 12.5.